The first-order chi connectivity index (χ1) is 10.1. The zero-order valence-electron chi connectivity index (χ0n) is 13.7. The lowest BCUT2D eigenvalue weighted by atomic mass is 10.1. The molecule has 0 bridgehead atoms. The molecule has 0 spiro atoms. The topological polar surface area (TPSA) is 75.4 Å². The van der Waals surface area contributed by atoms with Gasteiger partial charge in [0.2, 0.25) is 11.8 Å². The van der Waals surface area contributed by atoms with Crippen molar-refractivity contribution in [3.63, 3.8) is 0 Å². The second-order valence-electron chi connectivity index (χ2n) is 5.57. The summed E-state index contributed by atoms with van der Waals surface area (Å²) in [5.74, 6) is 1.37. The zero-order chi connectivity index (χ0) is 15.7. The van der Waals surface area contributed by atoms with Crippen LogP contribution < -0.4 is 11.1 Å². The third-order valence-electron chi connectivity index (χ3n) is 3.79. The molecular formula is C15H30ClN3O2S. The van der Waals surface area contributed by atoms with Crippen LogP contribution in [0.15, 0.2) is 0 Å². The normalized spacial score (nSPS) is 18.7. The molecule has 0 saturated carbocycles. The molecule has 0 aromatic heterocycles. The summed E-state index contributed by atoms with van der Waals surface area (Å²) < 4.78 is 0. The summed E-state index contributed by atoms with van der Waals surface area (Å²) in [6, 6.07) is -0.300. The smallest absolute Gasteiger partial charge is 0.243 e. The molecule has 1 rings (SSSR count). The molecule has 1 saturated heterocycles. The number of nitrogens with one attached hydrogen (secondary N) is 1. The van der Waals surface area contributed by atoms with E-state index >= 15 is 0 Å². The Morgan fingerprint density at radius 2 is 2.00 bits per heavy atom. The standard InChI is InChI=1S/C15H29N3O2S.ClH/c1-3-5-7-12(9-16)17-15(20)13-10-21-11-18(13)14(19)8-6-4-2;/h12-13H,3-11,16H2,1-2H3,(H,17,20);1H. The van der Waals surface area contributed by atoms with Crippen molar-refractivity contribution in [3.8, 4) is 0 Å². The van der Waals surface area contributed by atoms with Gasteiger partial charge >= 0.3 is 0 Å². The first-order valence-corrected chi connectivity index (χ1v) is 9.17. The number of hydrogen-bond acceptors (Lipinski definition) is 4. The van der Waals surface area contributed by atoms with Crippen LogP contribution in [0.3, 0.4) is 0 Å². The van der Waals surface area contributed by atoms with Gasteiger partial charge in [0.05, 0.1) is 5.88 Å². The van der Waals surface area contributed by atoms with Crippen molar-refractivity contribution in [2.75, 3.05) is 18.2 Å². The van der Waals surface area contributed by atoms with Crippen LogP contribution in [-0.2, 0) is 9.59 Å². The first-order valence-electron chi connectivity index (χ1n) is 8.01. The Balaban J connectivity index is 0.00000441. The molecule has 1 fully saturated rings. The van der Waals surface area contributed by atoms with E-state index in [1.807, 2.05) is 0 Å². The Labute approximate surface area is 144 Å². The van der Waals surface area contributed by atoms with Crippen LogP contribution in [0, 0.1) is 0 Å². The zero-order valence-corrected chi connectivity index (χ0v) is 15.3. The molecule has 0 aromatic rings. The number of halogens is 1. The van der Waals surface area contributed by atoms with E-state index in [4.69, 9.17) is 5.73 Å². The second kappa shape index (κ2) is 12.0. The highest BCUT2D eigenvalue weighted by molar-refractivity contribution is 7.99. The minimum atomic E-state index is -0.324. The van der Waals surface area contributed by atoms with Gasteiger partial charge in [0, 0.05) is 24.8 Å². The maximum Gasteiger partial charge on any atom is 0.243 e. The number of carbonyl (C=O) groups is 2. The maximum atomic E-state index is 12.4. The number of nitrogens with zero attached hydrogens (tertiary/aromatic N) is 1. The Hall–Kier alpha value is -0.460. The molecule has 5 nitrogen and oxygen atoms in total. The highest BCUT2D eigenvalue weighted by atomic mass is 35.5. The molecule has 0 aliphatic carbocycles. The molecule has 1 aliphatic heterocycles. The number of nitrogens with two attached hydrogens (primary N) is 1. The third-order valence-corrected chi connectivity index (χ3v) is 4.80. The maximum absolute atomic E-state index is 12.4. The highest BCUT2D eigenvalue weighted by Gasteiger charge is 2.34. The lowest BCUT2D eigenvalue weighted by molar-refractivity contribution is -0.138. The van der Waals surface area contributed by atoms with Crippen LogP contribution in [-0.4, -0.2) is 47.0 Å². The van der Waals surface area contributed by atoms with Gasteiger partial charge < -0.3 is 16.0 Å². The molecule has 7 heteroatoms. The minimum absolute atomic E-state index is 0. The molecule has 3 N–H and O–H groups in total. The largest absolute Gasteiger partial charge is 0.350 e. The molecule has 2 unspecified atom stereocenters. The van der Waals surface area contributed by atoms with E-state index in [0.29, 0.717) is 24.6 Å². The predicted octanol–water partition coefficient (Wildman–Crippen LogP) is 2.13. The van der Waals surface area contributed by atoms with Crippen molar-refractivity contribution in [2.24, 2.45) is 5.73 Å². The number of unbranched alkanes of at least 4 members (excludes halogenated alkanes) is 2. The summed E-state index contributed by atoms with van der Waals surface area (Å²) in [5, 5.41) is 3.01. The van der Waals surface area contributed by atoms with Gasteiger partial charge in [-0.2, -0.15) is 0 Å². The quantitative estimate of drug-likeness (QED) is 0.667. The number of rotatable bonds is 9. The number of carbonyl (C=O) groups excluding carboxylic acids is 2. The summed E-state index contributed by atoms with van der Waals surface area (Å²) >= 11 is 1.65. The number of hydrogen-bond donors (Lipinski definition) is 2. The van der Waals surface area contributed by atoms with E-state index in [1.165, 1.54) is 0 Å². The fraction of sp³-hybridized carbons (Fsp3) is 0.867. The lowest BCUT2D eigenvalue weighted by Gasteiger charge is -2.25. The van der Waals surface area contributed by atoms with Crippen LogP contribution in [0.1, 0.15) is 52.4 Å². The highest BCUT2D eigenvalue weighted by Crippen LogP contribution is 2.22. The average molecular weight is 352 g/mol. The van der Waals surface area contributed by atoms with Gasteiger partial charge in [-0.05, 0) is 12.8 Å². The van der Waals surface area contributed by atoms with E-state index in [1.54, 1.807) is 16.7 Å². The number of amides is 2. The monoisotopic (exact) mass is 351 g/mol. The Kier molecular flexibility index (Phi) is 11.8. The van der Waals surface area contributed by atoms with Crippen LogP contribution in [0.4, 0.5) is 0 Å². The van der Waals surface area contributed by atoms with Gasteiger partial charge in [-0.3, -0.25) is 9.59 Å². The molecule has 1 aliphatic rings. The molecule has 0 aromatic carbocycles. The summed E-state index contributed by atoms with van der Waals surface area (Å²) in [4.78, 5) is 26.3. The van der Waals surface area contributed by atoms with Gasteiger partial charge in [-0.25, -0.2) is 0 Å². The molecule has 2 atom stereocenters. The fourth-order valence-electron chi connectivity index (χ4n) is 2.37. The minimum Gasteiger partial charge on any atom is -0.350 e. The van der Waals surface area contributed by atoms with Crippen molar-refractivity contribution >= 4 is 36.0 Å². The van der Waals surface area contributed by atoms with E-state index < -0.39 is 0 Å². The summed E-state index contributed by atoms with van der Waals surface area (Å²) in [7, 11) is 0. The van der Waals surface area contributed by atoms with Gasteiger partial charge in [0.25, 0.3) is 0 Å². The van der Waals surface area contributed by atoms with Crippen LogP contribution >= 0.6 is 24.2 Å². The van der Waals surface area contributed by atoms with E-state index in [2.05, 4.69) is 19.2 Å². The average Bonchev–Trinajstić information content (AvgIpc) is 2.98. The fourth-order valence-corrected chi connectivity index (χ4v) is 3.55. The van der Waals surface area contributed by atoms with Gasteiger partial charge in [0.15, 0.2) is 0 Å². The van der Waals surface area contributed by atoms with Gasteiger partial charge in [-0.1, -0.05) is 33.1 Å². The molecule has 2 amide bonds. The van der Waals surface area contributed by atoms with Crippen LogP contribution in [0.25, 0.3) is 0 Å². The second-order valence-corrected chi connectivity index (χ2v) is 6.57. The third kappa shape index (κ3) is 6.75. The molecule has 1 heterocycles. The lowest BCUT2D eigenvalue weighted by Crippen LogP contribution is -2.51. The predicted molar refractivity (Wildman–Crippen MR) is 95.2 cm³/mol. The van der Waals surface area contributed by atoms with Crippen LogP contribution in [0.5, 0.6) is 0 Å². The van der Waals surface area contributed by atoms with Crippen LogP contribution in [0.2, 0.25) is 0 Å². The SMILES string of the molecule is CCCCC(=O)N1CSCC1C(=O)NC(CN)CCCC.Cl. The summed E-state index contributed by atoms with van der Waals surface area (Å²) in [6.45, 7) is 4.64. The van der Waals surface area contributed by atoms with Crippen molar-refractivity contribution < 1.29 is 9.59 Å². The van der Waals surface area contributed by atoms with E-state index in [0.717, 1.165) is 32.1 Å². The Morgan fingerprint density at radius 3 is 2.59 bits per heavy atom. The Morgan fingerprint density at radius 1 is 1.32 bits per heavy atom. The van der Waals surface area contributed by atoms with Crippen molar-refractivity contribution in [1.29, 1.82) is 0 Å². The van der Waals surface area contributed by atoms with E-state index in [-0.39, 0.29) is 36.3 Å². The van der Waals surface area contributed by atoms with Gasteiger partial charge in [-0.15, -0.1) is 24.2 Å². The molecule has 22 heavy (non-hydrogen) atoms. The molecule has 0 radical (unpaired) electrons. The summed E-state index contributed by atoms with van der Waals surface area (Å²) in [6.07, 6.45) is 5.47. The van der Waals surface area contributed by atoms with Crippen molar-refractivity contribution in [3.05, 3.63) is 0 Å². The van der Waals surface area contributed by atoms with Crippen molar-refractivity contribution in [2.45, 2.75) is 64.5 Å². The van der Waals surface area contributed by atoms with Gasteiger partial charge in [0.1, 0.15) is 6.04 Å². The first kappa shape index (κ1) is 21.5. The molecular weight excluding hydrogens is 322 g/mol. The molecule has 130 valence electrons. The number of thioether (sulfide) groups is 1. The van der Waals surface area contributed by atoms with Crippen molar-refractivity contribution in [1.82, 2.24) is 10.2 Å². The summed E-state index contributed by atoms with van der Waals surface area (Å²) in [5.41, 5.74) is 5.72. The Bertz CT molecular complexity index is 345. The van der Waals surface area contributed by atoms with E-state index in [9.17, 15) is 9.59 Å².